The van der Waals surface area contributed by atoms with Crippen LogP contribution in [0.15, 0.2) is 16.6 Å². The van der Waals surface area contributed by atoms with Gasteiger partial charge < -0.3 is 25.0 Å². The molecule has 2 saturated heterocycles. The zero-order valence-corrected chi connectivity index (χ0v) is 14.9. The van der Waals surface area contributed by atoms with E-state index in [4.69, 9.17) is 15.2 Å². The van der Waals surface area contributed by atoms with Crippen molar-refractivity contribution >= 4 is 22.4 Å². The van der Waals surface area contributed by atoms with E-state index in [-0.39, 0.29) is 0 Å². The maximum atomic E-state index is 6.12. The molecule has 7 nitrogen and oxygen atoms in total. The highest BCUT2D eigenvalue weighted by Gasteiger charge is 2.19. The van der Waals surface area contributed by atoms with E-state index < -0.39 is 0 Å². The second-order valence-electron chi connectivity index (χ2n) is 6.06. The summed E-state index contributed by atoms with van der Waals surface area (Å²) in [6.07, 6.45) is 5.14. The molecule has 1 aromatic rings. The molecule has 24 heavy (non-hydrogen) atoms. The van der Waals surface area contributed by atoms with Crippen molar-refractivity contribution in [3.63, 3.8) is 0 Å². The number of hydrogen-bond acceptors (Lipinski definition) is 6. The molecule has 2 aliphatic rings. The number of thiazole rings is 1. The van der Waals surface area contributed by atoms with Crippen molar-refractivity contribution in [3.05, 3.63) is 11.6 Å². The number of guanidine groups is 1. The van der Waals surface area contributed by atoms with Gasteiger partial charge in [-0.05, 0) is 19.3 Å². The van der Waals surface area contributed by atoms with Crippen LogP contribution < -0.4 is 10.6 Å². The molecule has 0 saturated carbocycles. The summed E-state index contributed by atoms with van der Waals surface area (Å²) in [6, 6.07) is 0. The van der Waals surface area contributed by atoms with Gasteiger partial charge in [0.05, 0.1) is 6.10 Å². The Kier molecular flexibility index (Phi) is 6.68. The van der Waals surface area contributed by atoms with Crippen LogP contribution in [0.5, 0.6) is 0 Å². The molecule has 2 N–H and O–H groups in total. The Morgan fingerprint density at radius 1 is 1.33 bits per heavy atom. The van der Waals surface area contributed by atoms with Crippen LogP contribution in [-0.4, -0.2) is 74.5 Å². The van der Waals surface area contributed by atoms with E-state index in [1.807, 2.05) is 11.6 Å². The van der Waals surface area contributed by atoms with Crippen LogP contribution in [0.1, 0.15) is 19.3 Å². The fourth-order valence-corrected chi connectivity index (χ4v) is 3.65. The van der Waals surface area contributed by atoms with Gasteiger partial charge in [0.25, 0.3) is 0 Å². The number of aliphatic imine (C=N–C) groups is 1. The molecule has 0 unspecified atom stereocenters. The molecule has 2 fully saturated rings. The molecule has 0 amide bonds. The number of anilines is 1. The summed E-state index contributed by atoms with van der Waals surface area (Å²) >= 11 is 1.68. The van der Waals surface area contributed by atoms with Crippen LogP contribution in [0.25, 0.3) is 0 Å². The summed E-state index contributed by atoms with van der Waals surface area (Å²) in [7, 11) is 0. The molecule has 0 radical (unpaired) electrons. The van der Waals surface area contributed by atoms with Gasteiger partial charge in [0, 0.05) is 64.1 Å². The zero-order valence-electron chi connectivity index (χ0n) is 14.1. The third kappa shape index (κ3) is 5.06. The fourth-order valence-electron chi connectivity index (χ4n) is 2.95. The van der Waals surface area contributed by atoms with Gasteiger partial charge in [-0.25, -0.2) is 4.98 Å². The first kappa shape index (κ1) is 17.4. The number of aromatic nitrogens is 1. The largest absolute Gasteiger partial charge is 0.381 e. The third-order valence-corrected chi connectivity index (χ3v) is 5.22. The first-order chi connectivity index (χ1) is 11.8. The predicted octanol–water partition coefficient (Wildman–Crippen LogP) is 1.17. The summed E-state index contributed by atoms with van der Waals surface area (Å²) in [5.74, 6) is 0.653. The highest BCUT2D eigenvalue weighted by atomic mass is 32.1. The highest BCUT2D eigenvalue weighted by molar-refractivity contribution is 7.13. The lowest BCUT2D eigenvalue weighted by Crippen LogP contribution is -2.51. The summed E-state index contributed by atoms with van der Waals surface area (Å²) in [5, 5.41) is 3.11. The summed E-state index contributed by atoms with van der Waals surface area (Å²) in [4.78, 5) is 13.3. The van der Waals surface area contributed by atoms with Crippen molar-refractivity contribution in [3.8, 4) is 0 Å². The van der Waals surface area contributed by atoms with E-state index in [0.29, 0.717) is 12.1 Å². The topological polar surface area (TPSA) is 76.2 Å². The van der Waals surface area contributed by atoms with E-state index in [1.54, 1.807) is 11.3 Å². The van der Waals surface area contributed by atoms with Crippen LogP contribution in [0, 0.1) is 0 Å². The molecule has 2 aliphatic heterocycles. The van der Waals surface area contributed by atoms with E-state index >= 15 is 0 Å². The number of piperazine rings is 1. The number of nitrogens with zero attached hydrogens (tertiary/aromatic N) is 4. The van der Waals surface area contributed by atoms with E-state index in [1.165, 1.54) is 0 Å². The molecule has 0 spiro atoms. The van der Waals surface area contributed by atoms with Gasteiger partial charge in [-0.3, -0.25) is 4.99 Å². The van der Waals surface area contributed by atoms with Gasteiger partial charge in [-0.15, -0.1) is 11.3 Å². The quantitative estimate of drug-likeness (QED) is 0.470. The van der Waals surface area contributed by atoms with Crippen molar-refractivity contribution in [1.29, 1.82) is 0 Å². The minimum atomic E-state index is 0.360. The van der Waals surface area contributed by atoms with Gasteiger partial charge in [0.1, 0.15) is 0 Å². The van der Waals surface area contributed by atoms with Gasteiger partial charge in [0.2, 0.25) is 0 Å². The molecule has 3 heterocycles. The normalized spacial score (nSPS) is 20.6. The second-order valence-corrected chi connectivity index (χ2v) is 6.94. The lowest BCUT2D eigenvalue weighted by atomic mass is 10.1. The predicted molar refractivity (Wildman–Crippen MR) is 96.8 cm³/mol. The van der Waals surface area contributed by atoms with Crippen molar-refractivity contribution in [2.75, 3.05) is 57.4 Å². The molecule has 0 aromatic carbocycles. The molecule has 8 heteroatoms. The standard InChI is InChI=1S/C16H27N5O2S/c17-15(18-4-1-10-23-14-2-11-22-12-3-14)20-6-8-21(9-7-20)16-19-5-13-24-16/h5,13-14H,1-4,6-12H2,(H2,17,18). The van der Waals surface area contributed by atoms with E-state index in [9.17, 15) is 0 Å². The van der Waals surface area contributed by atoms with Crippen molar-refractivity contribution < 1.29 is 9.47 Å². The monoisotopic (exact) mass is 353 g/mol. The Labute approximate surface area is 147 Å². The first-order valence-electron chi connectivity index (χ1n) is 8.71. The van der Waals surface area contributed by atoms with Crippen LogP contribution in [0.3, 0.4) is 0 Å². The Balaban J connectivity index is 1.31. The van der Waals surface area contributed by atoms with E-state index in [0.717, 1.165) is 76.9 Å². The average Bonchev–Trinajstić information content (AvgIpc) is 3.17. The fraction of sp³-hybridized carbons (Fsp3) is 0.750. The minimum Gasteiger partial charge on any atom is -0.381 e. The summed E-state index contributed by atoms with van der Waals surface area (Å²) in [6.45, 7) is 6.79. The Bertz CT molecular complexity index is 497. The minimum absolute atomic E-state index is 0.360. The molecule has 1 aromatic heterocycles. The molecule has 3 rings (SSSR count). The van der Waals surface area contributed by atoms with Crippen molar-refractivity contribution in [2.24, 2.45) is 10.7 Å². The molecule has 0 aliphatic carbocycles. The summed E-state index contributed by atoms with van der Waals surface area (Å²) in [5.41, 5.74) is 6.12. The Morgan fingerprint density at radius 3 is 2.83 bits per heavy atom. The van der Waals surface area contributed by atoms with Crippen molar-refractivity contribution in [1.82, 2.24) is 9.88 Å². The molecular weight excluding hydrogens is 326 g/mol. The number of hydrogen-bond donors (Lipinski definition) is 1. The van der Waals surface area contributed by atoms with Gasteiger partial charge in [0.15, 0.2) is 11.1 Å². The zero-order chi connectivity index (χ0) is 16.6. The van der Waals surface area contributed by atoms with Gasteiger partial charge in [-0.2, -0.15) is 0 Å². The number of nitrogens with two attached hydrogens (primary N) is 1. The van der Waals surface area contributed by atoms with Gasteiger partial charge >= 0.3 is 0 Å². The molecule has 0 bridgehead atoms. The van der Waals surface area contributed by atoms with Crippen LogP contribution in [0.2, 0.25) is 0 Å². The highest BCUT2D eigenvalue weighted by Crippen LogP contribution is 2.18. The van der Waals surface area contributed by atoms with E-state index in [2.05, 4.69) is 19.8 Å². The number of ether oxygens (including phenoxy) is 2. The van der Waals surface area contributed by atoms with Crippen molar-refractivity contribution in [2.45, 2.75) is 25.4 Å². The maximum Gasteiger partial charge on any atom is 0.191 e. The molecule has 0 atom stereocenters. The smallest absolute Gasteiger partial charge is 0.191 e. The Morgan fingerprint density at radius 2 is 2.12 bits per heavy atom. The molecular formula is C16H27N5O2S. The SMILES string of the molecule is NC(=NCCCOC1CCOCC1)N1CCN(c2nccs2)CC1. The maximum absolute atomic E-state index is 6.12. The molecule has 134 valence electrons. The average molecular weight is 353 g/mol. The van der Waals surface area contributed by atoms with Crippen LogP contribution in [0.4, 0.5) is 5.13 Å². The van der Waals surface area contributed by atoms with Crippen LogP contribution >= 0.6 is 11.3 Å². The first-order valence-corrected chi connectivity index (χ1v) is 9.59. The van der Waals surface area contributed by atoms with Crippen LogP contribution in [-0.2, 0) is 9.47 Å². The second kappa shape index (κ2) is 9.19. The third-order valence-electron chi connectivity index (χ3n) is 4.39. The van der Waals surface area contributed by atoms with Gasteiger partial charge in [-0.1, -0.05) is 0 Å². The Hall–Kier alpha value is -1.38. The lowest BCUT2D eigenvalue weighted by molar-refractivity contribution is -0.0318. The lowest BCUT2D eigenvalue weighted by Gasteiger charge is -2.35. The number of rotatable bonds is 6. The summed E-state index contributed by atoms with van der Waals surface area (Å²) < 4.78 is 11.2.